The Morgan fingerprint density at radius 3 is 2.67 bits per heavy atom. The monoisotopic (exact) mass is 220 g/mol. The molecular formula is C11H12N2OS. The first-order valence-electron chi connectivity index (χ1n) is 4.88. The first-order chi connectivity index (χ1) is 7.28. The molecule has 15 heavy (non-hydrogen) atoms. The van der Waals surface area contributed by atoms with Crippen LogP contribution in [0, 0.1) is 0 Å². The highest BCUT2D eigenvalue weighted by molar-refractivity contribution is 8.15. The van der Waals surface area contributed by atoms with Crippen LogP contribution in [0.1, 0.15) is 12.5 Å². The molecule has 0 aromatic heterocycles. The SMILES string of the molecule is CCc1ccc(N=C2NC(=O)CS2)cc1. The molecule has 0 atom stereocenters. The van der Waals surface area contributed by atoms with Gasteiger partial charge in [-0.1, -0.05) is 30.8 Å². The van der Waals surface area contributed by atoms with E-state index in [1.54, 1.807) is 0 Å². The molecule has 0 saturated carbocycles. The molecule has 78 valence electrons. The number of hydrogen-bond donors (Lipinski definition) is 1. The molecule has 0 radical (unpaired) electrons. The number of carbonyl (C=O) groups is 1. The molecule has 1 fully saturated rings. The summed E-state index contributed by atoms with van der Waals surface area (Å²) in [6.07, 6.45) is 1.03. The molecule has 0 bridgehead atoms. The van der Waals surface area contributed by atoms with Crippen LogP contribution in [-0.4, -0.2) is 16.8 Å². The normalized spacial score (nSPS) is 18.2. The summed E-state index contributed by atoms with van der Waals surface area (Å²) in [7, 11) is 0. The predicted molar refractivity (Wildman–Crippen MR) is 63.5 cm³/mol. The van der Waals surface area contributed by atoms with Gasteiger partial charge in [0.2, 0.25) is 5.91 Å². The second-order valence-corrected chi connectivity index (χ2v) is 4.24. The zero-order valence-corrected chi connectivity index (χ0v) is 9.30. The fourth-order valence-electron chi connectivity index (χ4n) is 1.31. The Balaban J connectivity index is 2.13. The highest BCUT2D eigenvalue weighted by Crippen LogP contribution is 2.18. The summed E-state index contributed by atoms with van der Waals surface area (Å²) in [6, 6.07) is 8.05. The number of aryl methyl sites for hydroxylation is 1. The second kappa shape index (κ2) is 4.49. The number of nitrogens with zero attached hydrogens (tertiary/aromatic N) is 1. The Morgan fingerprint density at radius 1 is 1.40 bits per heavy atom. The molecule has 0 aliphatic carbocycles. The van der Waals surface area contributed by atoms with E-state index < -0.39 is 0 Å². The zero-order chi connectivity index (χ0) is 10.7. The van der Waals surface area contributed by atoms with Gasteiger partial charge in [-0.3, -0.25) is 4.79 Å². The maximum atomic E-state index is 10.9. The summed E-state index contributed by atoms with van der Waals surface area (Å²) in [5.74, 6) is 0.509. The van der Waals surface area contributed by atoms with Gasteiger partial charge in [0, 0.05) is 0 Å². The van der Waals surface area contributed by atoms with Gasteiger partial charge in [0.1, 0.15) is 0 Å². The van der Waals surface area contributed by atoms with Crippen molar-refractivity contribution < 1.29 is 4.79 Å². The van der Waals surface area contributed by atoms with Crippen molar-refractivity contribution in [2.45, 2.75) is 13.3 Å². The Bertz CT molecular complexity index is 398. The molecule has 1 saturated heterocycles. The lowest BCUT2D eigenvalue weighted by Gasteiger charge is -1.98. The van der Waals surface area contributed by atoms with Gasteiger partial charge in [-0.2, -0.15) is 0 Å². The first-order valence-corrected chi connectivity index (χ1v) is 5.87. The van der Waals surface area contributed by atoms with Gasteiger partial charge >= 0.3 is 0 Å². The minimum Gasteiger partial charge on any atom is -0.304 e. The van der Waals surface area contributed by atoms with Crippen LogP contribution in [0.15, 0.2) is 29.3 Å². The molecule has 1 aromatic rings. The fraction of sp³-hybridized carbons (Fsp3) is 0.273. The second-order valence-electron chi connectivity index (χ2n) is 3.27. The van der Waals surface area contributed by atoms with Crippen molar-refractivity contribution in [3.63, 3.8) is 0 Å². The van der Waals surface area contributed by atoms with Crippen LogP contribution in [0.5, 0.6) is 0 Å². The van der Waals surface area contributed by atoms with Crippen LogP contribution < -0.4 is 5.32 Å². The average molecular weight is 220 g/mol. The van der Waals surface area contributed by atoms with Crippen molar-refractivity contribution in [2.24, 2.45) is 4.99 Å². The molecule has 0 spiro atoms. The first kappa shape index (κ1) is 10.2. The standard InChI is InChI=1S/C11H12N2OS/c1-2-8-3-5-9(6-4-8)12-11-13-10(14)7-15-11/h3-6H,2,7H2,1H3,(H,12,13,14). The molecule has 1 amide bonds. The number of benzene rings is 1. The third-order valence-electron chi connectivity index (χ3n) is 2.16. The number of rotatable bonds is 2. The molecule has 1 aromatic carbocycles. The minimum absolute atomic E-state index is 0.0314. The number of carbonyl (C=O) groups excluding carboxylic acids is 1. The van der Waals surface area contributed by atoms with Gasteiger partial charge in [-0.05, 0) is 24.1 Å². The van der Waals surface area contributed by atoms with E-state index in [2.05, 4.69) is 29.4 Å². The number of hydrogen-bond acceptors (Lipinski definition) is 3. The van der Waals surface area contributed by atoms with E-state index in [0.29, 0.717) is 10.9 Å². The summed E-state index contributed by atoms with van der Waals surface area (Å²) < 4.78 is 0. The Labute approximate surface area is 93.0 Å². The largest absolute Gasteiger partial charge is 0.304 e. The highest BCUT2D eigenvalue weighted by Gasteiger charge is 2.15. The van der Waals surface area contributed by atoms with Gasteiger partial charge < -0.3 is 5.32 Å². The number of amides is 1. The fourth-order valence-corrected chi connectivity index (χ4v) is 2.00. The maximum absolute atomic E-state index is 10.9. The van der Waals surface area contributed by atoms with E-state index in [-0.39, 0.29) is 5.91 Å². The molecule has 1 N–H and O–H groups in total. The molecule has 2 rings (SSSR count). The number of amidine groups is 1. The minimum atomic E-state index is 0.0314. The van der Waals surface area contributed by atoms with Crippen LogP contribution in [0.3, 0.4) is 0 Å². The summed E-state index contributed by atoms with van der Waals surface area (Å²) in [5.41, 5.74) is 2.18. The van der Waals surface area contributed by atoms with Gasteiger partial charge in [0.25, 0.3) is 0 Å². The molecule has 3 nitrogen and oxygen atoms in total. The average Bonchev–Trinajstić information content (AvgIpc) is 2.65. The Kier molecular flexibility index (Phi) is 3.06. The number of aliphatic imine (C=N–C) groups is 1. The predicted octanol–water partition coefficient (Wildman–Crippen LogP) is 2.10. The Hall–Kier alpha value is -1.29. The van der Waals surface area contributed by atoms with Crippen molar-refractivity contribution in [2.75, 3.05) is 5.75 Å². The van der Waals surface area contributed by atoms with Crippen molar-refractivity contribution in [3.05, 3.63) is 29.8 Å². The van der Waals surface area contributed by atoms with E-state index >= 15 is 0 Å². The summed E-state index contributed by atoms with van der Waals surface area (Å²) in [5, 5.41) is 3.40. The van der Waals surface area contributed by atoms with Gasteiger partial charge in [-0.15, -0.1) is 0 Å². The van der Waals surface area contributed by atoms with E-state index in [4.69, 9.17) is 0 Å². The third kappa shape index (κ3) is 2.59. The lowest BCUT2D eigenvalue weighted by atomic mass is 10.2. The summed E-state index contributed by atoms with van der Waals surface area (Å²) >= 11 is 1.44. The van der Waals surface area contributed by atoms with Crippen LogP contribution >= 0.6 is 11.8 Å². The lowest BCUT2D eigenvalue weighted by molar-refractivity contribution is -0.116. The van der Waals surface area contributed by atoms with Crippen LogP contribution in [-0.2, 0) is 11.2 Å². The molecule has 1 aliphatic heterocycles. The summed E-state index contributed by atoms with van der Waals surface area (Å²) in [4.78, 5) is 15.3. The van der Waals surface area contributed by atoms with Crippen molar-refractivity contribution >= 4 is 28.5 Å². The molecular weight excluding hydrogens is 208 g/mol. The van der Waals surface area contributed by atoms with E-state index in [1.165, 1.54) is 17.3 Å². The van der Waals surface area contributed by atoms with Gasteiger partial charge in [0.15, 0.2) is 5.17 Å². The maximum Gasteiger partial charge on any atom is 0.236 e. The molecule has 1 heterocycles. The smallest absolute Gasteiger partial charge is 0.236 e. The lowest BCUT2D eigenvalue weighted by Crippen LogP contribution is -2.19. The zero-order valence-electron chi connectivity index (χ0n) is 8.49. The van der Waals surface area contributed by atoms with Gasteiger partial charge in [0.05, 0.1) is 11.4 Å². The van der Waals surface area contributed by atoms with Crippen molar-refractivity contribution in [1.29, 1.82) is 0 Å². The molecule has 4 heteroatoms. The van der Waals surface area contributed by atoms with E-state index in [9.17, 15) is 4.79 Å². The van der Waals surface area contributed by atoms with Crippen molar-refractivity contribution in [3.8, 4) is 0 Å². The number of thioether (sulfide) groups is 1. The third-order valence-corrected chi connectivity index (χ3v) is 3.03. The summed E-state index contributed by atoms with van der Waals surface area (Å²) in [6.45, 7) is 2.12. The Morgan fingerprint density at radius 2 is 2.13 bits per heavy atom. The van der Waals surface area contributed by atoms with Crippen molar-refractivity contribution in [1.82, 2.24) is 5.32 Å². The van der Waals surface area contributed by atoms with Gasteiger partial charge in [-0.25, -0.2) is 4.99 Å². The van der Waals surface area contributed by atoms with E-state index in [1.807, 2.05) is 12.1 Å². The topological polar surface area (TPSA) is 41.5 Å². The molecule has 1 aliphatic rings. The molecule has 0 unspecified atom stereocenters. The number of nitrogens with one attached hydrogen (secondary N) is 1. The quantitative estimate of drug-likeness (QED) is 0.829. The van der Waals surface area contributed by atoms with E-state index in [0.717, 1.165) is 12.1 Å². The van der Waals surface area contributed by atoms with Crippen LogP contribution in [0.2, 0.25) is 0 Å². The van der Waals surface area contributed by atoms with Crippen LogP contribution in [0.4, 0.5) is 5.69 Å². The van der Waals surface area contributed by atoms with Crippen LogP contribution in [0.25, 0.3) is 0 Å². The highest BCUT2D eigenvalue weighted by atomic mass is 32.2.